The molecule has 162 valence electrons. The van der Waals surface area contributed by atoms with E-state index in [9.17, 15) is 0 Å². The Kier molecular flexibility index (Phi) is 5.39. The van der Waals surface area contributed by atoms with E-state index in [0.717, 1.165) is 22.7 Å². The van der Waals surface area contributed by atoms with Crippen molar-refractivity contribution in [1.82, 2.24) is 0 Å². The lowest BCUT2D eigenvalue weighted by Crippen LogP contribution is -2.43. The predicted octanol–water partition coefficient (Wildman–Crippen LogP) is 7.28. The van der Waals surface area contributed by atoms with Gasteiger partial charge in [0.05, 0.1) is 23.2 Å². The Morgan fingerprint density at radius 3 is 2.41 bits per heavy atom. The number of ether oxygens (including phenoxy) is 1. The van der Waals surface area contributed by atoms with Crippen LogP contribution in [0.15, 0.2) is 77.8 Å². The molecule has 0 aliphatic carbocycles. The summed E-state index contributed by atoms with van der Waals surface area (Å²) in [6.45, 7) is 7.59. The quantitative estimate of drug-likeness (QED) is 0.300. The molecule has 3 aromatic carbocycles. The number of hydrogen-bond donors (Lipinski definition) is 0. The fraction of sp³-hybridized carbons (Fsp3) is 0.222. The van der Waals surface area contributed by atoms with Crippen molar-refractivity contribution in [2.75, 3.05) is 12.0 Å². The van der Waals surface area contributed by atoms with Crippen LogP contribution in [0.3, 0.4) is 0 Å². The SMILES string of the molecule is COc1ccc2c(c1)-c1c(ssc1=Nc1ccc(C)cc1)C(C)(C)N2Cc1ccccc1. The Balaban J connectivity index is 1.71. The molecule has 0 saturated heterocycles. The summed E-state index contributed by atoms with van der Waals surface area (Å²) in [5.74, 6) is 0.867. The molecule has 5 rings (SSSR count). The highest BCUT2D eigenvalue weighted by Gasteiger charge is 2.40. The highest BCUT2D eigenvalue weighted by atomic mass is 32.9. The third-order valence-corrected chi connectivity index (χ3v) is 8.72. The molecule has 5 heteroatoms. The molecule has 0 unspecified atom stereocenters. The van der Waals surface area contributed by atoms with E-state index in [2.05, 4.69) is 98.5 Å². The summed E-state index contributed by atoms with van der Waals surface area (Å²) in [5.41, 5.74) is 7.03. The van der Waals surface area contributed by atoms with Crippen molar-refractivity contribution >= 4 is 32.1 Å². The highest BCUT2D eigenvalue weighted by Crippen LogP contribution is 2.50. The van der Waals surface area contributed by atoms with Crippen molar-refractivity contribution in [2.45, 2.75) is 32.9 Å². The fourth-order valence-electron chi connectivity index (χ4n) is 4.27. The van der Waals surface area contributed by atoms with Crippen LogP contribution >= 0.6 is 20.7 Å². The number of anilines is 1. The number of aryl methyl sites for hydroxylation is 1. The molecule has 0 spiro atoms. The molecule has 0 atom stereocenters. The van der Waals surface area contributed by atoms with E-state index in [-0.39, 0.29) is 5.54 Å². The van der Waals surface area contributed by atoms with Gasteiger partial charge in [0.1, 0.15) is 10.4 Å². The van der Waals surface area contributed by atoms with Gasteiger partial charge in [0.15, 0.2) is 0 Å². The molecule has 32 heavy (non-hydrogen) atoms. The van der Waals surface area contributed by atoms with Gasteiger partial charge in [-0.25, -0.2) is 4.99 Å². The summed E-state index contributed by atoms with van der Waals surface area (Å²) < 4.78 is 6.67. The van der Waals surface area contributed by atoms with E-state index in [1.807, 2.05) is 10.3 Å². The van der Waals surface area contributed by atoms with E-state index >= 15 is 0 Å². The van der Waals surface area contributed by atoms with Crippen molar-refractivity contribution in [3.8, 4) is 16.9 Å². The average molecular weight is 459 g/mol. The lowest BCUT2D eigenvalue weighted by Gasteiger charge is -2.44. The first kappa shape index (κ1) is 21.0. The van der Waals surface area contributed by atoms with Crippen LogP contribution in [0, 0.1) is 6.92 Å². The number of fused-ring (bicyclic) bond motifs is 3. The molecule has 0 radical (unpaired) electrons. The molecule has 1 aromatic heterocycles. The molecule has 4 aromatic rings. The normalized spacial score (nSPS) is 14.8. The summed E-state index contributed by atoms with van der Waals surface area (Å²) >= 11 is 0. The molecule has 3 nitrogen and oxygen atoms in total. The van der Waals surface area contributed by atoms with Crippen LogP contribution in [0.2, 0.25) is 0 Å². The van der Waals surface area contributed by atoms with Gasteiger partial charge in [0, 0.05) is 23.4 Å². The van der Waals surface area contributed by atoms with Gasteiger partial charge in [-0.3, -0.25) is 0 Å². The van der Waals surface area contributed by atoms with Crippen LogP contribution in [0.4, 0.5) is 11.4 Å². The van der Waals surface area contributed by atoms with Gasteiger partial charge in [0.25, 0.3) is 0 Å². The average Bonchev–Trinajstić information content (AvgIpc) is 3.23. The Morgan fingerprint density at radius 2 is 1.69 bits per heavy atom. The van der Waals surface area contributed by atoms with Crippen molar-refractivity contribution in [3.05, 3.63) is 93.5 Å². The van der Waals surface area contributed by atoms with Crippen molar-refractivity contribution in [3.63, 3.8) is 0 Å². The summed E-state index contributed by atoms with van der Waals surface area (Å²) in [6, 6.07) is 25.5. The van der Waals surface area contributed by atoms with Gasteiger partial charge in [0.2, 0.25) is 0 Å². The predicted molar refractivity (Wildman–Crippen MR) is 136 cm³/mol. The molecule has 1 aliphatic heterocycles. The minimum absolute atomic E-state index is 0.158. The van der Waals surface area contributed by atoms with Gasteiger partial charge in [-0.05, 0) is 56.7 Å². The third kappa shape index (κ3) is 3.65. The maximum absolute atomic E-state index is 5.61. The van der Waals surface area contributed by atoms with Gasteiger partial charge in [-0.2, -0.15) is 0 Å². The van der Waals surface area contributed by atoms with Crippen LogP contribution in [-0.2, 0) is 12.1 Å². The molecule has 1 aliphatic rings. The van der Waals surface area contributed by atoms with Crippen LogP contribution < -0.4 is 14.3 Å². The molecule has 0 N–H and O–H groups in total. The van der Waals surface area contributed by atoms with Crippen LogP contribution in [-0.4, -0.2) is 7.11 Å². The van der Waals surface area contributed by atoms with Crippen molar-refractivity contribution < 1.29 is 4.74 Å². The number of hydrogen-bond acceptors (Lipinski definition) is 5. The topological polar surface area (TPSA) is 24.8 Å². The summed E-state index contributed by atoms with van der Waals surface area (Å²) in [6.07, 6.45) is 0. The number of methoxy groups -OCH3 is 1. The molecule has 2 heterocycles. The van der Waals surface area contributed by atoms with Gasteiger partial charge in [-0.15, -0.1) is 0 Å². The van der Waals surface area contributed by atoms with Gasteiger partial charge in [-0.1, -0.05) is 68.7 Å². The minimum Gasteiger partial charge on any atom is -0.497 e. The zero-order valence-electron chi connectivity index (χ0n) is 18.8. The lowest BCUT2D eigenvalue weighted by molar-refractivity contribution is 0.414. The van der Waals surface area contributed by atoms with Gasteiger partial charge < -0.3 is 9.64 Å². The third-order valence-electron chi connectivity index (χ3n) is 6.09. The minimum atomic E-state index is -0.158. The summed E-state index contributed by atoms with van der Waals surface area (Å²) in [5, 5.41) is 0. The van der Waals surface area contributed by atoms with Crippen LogP contribution in [0.1, 0.15) is 29.9 Å². The van der Waals surface area contributed by atoms with E-state index in [1.54, 1.807) is 17.5 Å². The Hall–Kier alpha value is -2.89. The Morgan fingerprint density at radius 1 is 0.938 bits per heavy atom. The first-order valence-electron chi connectivity index (χ1n) is 10.7. The molecule has 0 amide bonds. The lowest BCUT2D eigenvalue weighted by atomic mass is 9.86. The molecular formula is C27H26N2OS2. The highest BCUT2D eigenvalue weighted by molar-refractivity contribution is 7.68. The van der Waals surface area contributed by atoms with E-state index in [4.69, 9.17) is 9.73 Å². The molecular weight excluding hydrogens is 432 g/mol. The zero-order valence-corrected chi connectivity index (χ0v) is 20.4. The second-order valence-corrected chi connectivity index (χ2v) is 10.8. The number of benzene rings is 3. The van der Waals surface area contributed by atoms with Crippen molar-refractivity contribution in [2.24, 2.45) is 4.99 Å². The molecule has 0 bridgehead atoms. The number of rotatable bonds is 4. The summed E-state index contributed by atoms with van der Waals surface area (Å²) in [7, 11) is 5.32. The van der Waals surface area contributed by atoms with Crippen molar-refractivity contribution in [1.29, 1.82) is 0 Å². The van der Waals surface area contributed by atoms with Gasteiger partial charge >= 0.3 is 0 Å². The maximum atomic E-state index is 5.61. The molecule has 0 saturated carbocycles. The first-order chi connectivity index (χ1) is 15.5. The Bertz CT molecular complexity index is 1320. The molecule has 0 fully saturated rings. The Labute approximate surface area is 196 Å². The largest absolute Gasteiger partial charge is 0.497 e. The van der Waals surface area contributed by atoms with Crippen LogP contribution in [0.25, 0.3) is 11.1 Å². The van der Waals surface area contributed by atoms with Crippen LogP contribution in [0.5, 0.6) is 5.75 Å². The van der Waals surface area contributed by atoms with E-state index in [0.29, 0.717) is 0 Å². The smallest absolute Gasteiger partial charge is 0.135 e. The number of nitrogens with zero attached hydrogens (tertiary/aromatic N) is 2. The second kappa shape index (κ2) is 8.23. The standard InChI is InChI=1S/C27H26N2OS2/c1-18-10-12-20(13-11-18)28-26-24-22-16-21(30-4)14-15-23(22)29(17-19-8-6-5-7-9-19)27(2,3)25(24)31-32-26/h5-16H,17H2,1-4H3. The monoisotopic (exact) mass is 458 g/mol. The maximum Gasteiger partial charge on any atom is 0.135 e. The fourth-order valence-corrected chi connectivity index (χ4v) is 7.25. The summed E-state index contributed by atoms with van der Waals surface area (Å²) in [4.78, 5) is 8.92. The second-order valence-electron chi connectivity index (χ2n) is 8.64. The van der Waals surface area contributed by atoms with E-state index in [1.165, 1.54) is 32.8 Å². The zero-order chi connectivity index (χ0) is 22.3. The van der Waals surface area contributed by atoms with E-state index < -0.39 is 0 Å². The first-order valence-corrected chi connectivity index (χ1v) is 12.9.